The lowest BCUT2D eigenvalue weighted by Gasteiger charge is -2.20. The number of rotatable bonds is 7. The summed E-state index contributed by atoms with van der Waals surface area (Å²) in [4.78, 5) is 24.4. The molecule has 0 saturated carbocycles. The first-order valence-electron chi connectivity index (χ1n) is 8.98. The third-order valence-corrected chi connectivity index (χ3v) is 4.32. The normalized spacial score (nSPS) is 11.4. The Bertz CT molecular complexity index is 974. The number of nitrogens with one attached hydrogen (secondary N) is 1. The molecule has 3 rings (SSSR count). The van der Waals surface area contributed by atoms with Gasteiger partial charge in [0.25, 0.3) is 5.91 Å². The topological polar surface area (TPSA) is 64.6 Å². The van der Waals surface area contributed by atoms with E-state index >= 15 is 0 Å². The molecule has 0 saturated heterocycles. The molecule has 1 amide bonds. The maximum Gasteiger partial charge on any atom is 0.341 e. The molecule has 0 bridgehead atoms. The van der Waals surface area contributed by atoms with E-state index in [1.807, 2.05) is 42.5 Å². The van der Waals surface area contributed by atoms with Crippen molar-refractivity contribution in [2.45, 2.75) is 6.04 Å². The van der Waals surface area contributed by atoms with Gasteiger partial charge in [-0.05, 0) is 35.4 Å². The van der Waals surface area contributed by atoms with E-state index in [0.29, 0.717) is 5.75 Å². The number of esters is 1. The van der Waals surface area contributed by atoms with Crippen LogP contribution in [0.25, 0.3) is 0 Å². The Hall–Kier alpha value is -3.67. The van der Waals surface area contributed by atoms with Gasteiger partial charge < -0.3 is 14.8 Å². The van der Waals surface area contributed by atoms with Crippen molar-refractivity contribution in [3.05, 3.63) is 101 Å². The fourth-order valence-electron chi connectivity index (χ4n) is 2.84. The van der Waals surface area contributed by atoms with E-state index in [0.717, 1.165) is 17.2 Å². The molecular formula is C23H20FNO4. The molecule has 0 unspecified atom stereocenters. The van der Waals surface area contributed by atoms with Crippen LogP contribution in [-0.2, 0) is 9.53 Å². The van der Waals surface area contributed by atoms with Crippen LogP contribution in [-0.4, -0.2) is 25.6 Å². The fraction of sp³-hybridized carbons (Fsp3) is 0.130. The average Bonchev–Trinajstić information content (AvgIpc) is 2.77. The van der Waals surface area contributed by atoms with E-state index in [2.05, 4.69) is 5.32 Å². The number of amides is 1. The molecule has 6 heteroatoms. The summed E-state index contributed by atoms with van der Waals surface area (Å²) in [6.07, 6.45) is 0. The van der Waals surface area contributed by atoms with E-state index in [-0.39, 0.29) is 5.56 Å². The Labute approximate surface area is 168 Å². The number of ether oxygens (including phenoxy) is 2. The molecule has 29 heavy (non-hydrogen) atoms. The summed E-state index contributed by atoms with van der Waals surface area (Å²) >= 11 is 0. The molecule has 0 radical (unpaired) electrons. The van der Waals surface area contributed by atoms with Crippen molar-refractivity contribution < 1.29 is 23.5 Å². The predicted molar refractivity (Wildman–Crippen MR) is 106 cm³/mol. The van der Waals surface area contributed by atoms with Gasteiger partial charge in [0, 0.05) is 0 Å². The van der Waals surface area contributed by atoms with Crippen molar-refractivity contribution in [3.8, 4) is 5.75 Å². The largest absolute Gasteiger partial charge is 0.497 e. The Morgan fingerprint density at radius 1 is 0.897 bits per heavy atom. The number of halogens is 1. The van der Waals surface area contributed by atoms with Gasteiger partial charge in [-0.15, -0.1) is 0 Å². The van der Waals surface area contributed by atoms with E-state index in [1.165, 1.54) is 18.2 Å². The van der Waals surface area contributed by atoms with Crippen molar-refractivity contribution in [3.63, 3.8) is 0 Å². The molecule has 1 atom stereocenters. The highest BCUT2D eigenvalue weighted by molar-refractivity contribution is 5.91. The lowest BCUT2D eigenvalue weighted by molar-refractivity contribution is -0.124. The second-order valence-corrected chi connectivity index (χ2v) is 6.24. The van der Waals surface area contributed by atoms with Gasteiger partial charge in [-0.1, -0.05) is 54.6 Å². The zero-order chi connectivity index (χ0) is 20.6. The minimum absolute atomic E-state index is 0.213. The summed E-state index contributed by atoms with van der Waals surface area (Å²) in [6.45, 7) is -0.521. The summed E-state index contributed by atoms with van der Waals surface area (Å²) in [5.74, 6) is -1.39. The zero-order valence-corrected chi connectivity index (χ0v) is 15.8. The number of methoxy groups -OCH3 is 1. The van der Waals surface area contributed by atoms with Crippen LogP contribution in [0, 0.1) is 5.82 Å². The monoisotopic (exact) mass is 393 g/mol. The van der Waals surface area contributed by atoms with Crippen LogP contribution in [0.2, 0.25) is 0 Å². The van der Waals surface area contributed by atoms with Gasteiger partial charge >= 0.3 is 5.97 Å². The van der Waals surface area contributed by atoms with Crippen LogP contribution < -0.4 is 10.1 Å². The van der Waals surface area contributed by atoms with Crippen LogP contribution in [0.15, 0.2) is 78.9 Å². The summed E-state index contributed by atoms with van der Waals surface area (Å²) < 4.78 is 23.8. The van der Waals surface area contributed by atoms with Crippen LogP contribution in [0.5, 0.6) is 5.75 Å². The summed E-state index contributed by atoms with van der Waals surface area (Å²) in [5.41, 5.74) is 1.49. The minimum atomic E-state index is -0.890. The molecule has 0 aliphatic heterocycles. The quantitative estimate of drug-likeness (QED) is 0.619. The van der Waals surface area contributed by atoms with Crippen molar-refractivity contribution in [1.82, 2.24) is 5.32 Å². The smallest absolute Gasteiger partial charge is 0.341 e. The lowest BCUT2D eigenvalue weighted by atomic mass is 9.98. The Morgan fingerprint density at radius 2 is 1.52 bits per heavy atom. The molecular weight excluding hydrogens is 373 g/mol. The van der Waals surface area contributed by atoms with Crippen LogP contribution >= 0.6 is 0 Å². The predicted octanol–water partition coefficient (Wildman–Crippen LogP) is 3.90. The number of hydrogen-bond donors (Lipinski definition) is 1. The first-order chi connectivity index (χ1) is 14.1. The minimum Gasteiger partial charge on any atom is -0.497 e. The highest BCUT2D eigenvalue weighted by Crippen LogP contribution is 2.24. The van der Waals surface area contributed by atoms with Crippen molar-refractivity contribution in [2.75, 3.05) is 13.7 Å². The second kappa shape index (κ2) is 9.50. The first kappa shape index (κ1) is 20.1. The Kier molecular flexibility index (Phi) is 6.58. The van der Waals surface area contributed by atoms with Gasteiger partial charge in [0.05, 0.1) is 18.7 Å². The Balaban J connectivity index is 1.71. The van der Waals surface area contributed by atoms with Crippen molar-refractivity contribution >= 4 is 11.9 Å². The molecule has 0 aliphatic carbocycles. The van der Waals surface area contributed by atoms with E-state index < -0.39 is 30.3 Å². The summed E-state index contributed by atoms with van der Waals surface area (Å²) in [7, 11) is 1.58. The van der Waals surface area contributed by atoms with Crippen LogP contribution in [0.4, 0.5) is 4.39 Å². The molecule has 148 valence electrons. The highest BCUT2D eigenvalue weighted by atomic mass is 19.1. The van der Waals surface area contributed by atoms with Gasteiger partial charge in [-0.2, -0.15) is 0 Å². The molecule has 3 aromatic rings. The van der Waals surface area contributed by atoms with Crippen molar-refractivity contribution in [2.24, 2.45) is 0 Å². The third kappa shape index (κ3) is 5.19. The standard InChI is InChI=1S/C23H20FNO4/c1-28-18-13-11-17(12-14-18)22(16-7-3-2-4-8-16)25-21(26)15-29-23(27)19-9-5-6-10-20(19)24/h2-14,22H,15H2,1H3,(H,25,26)/t22-/m0/s1. The van der Waals surface area contributed by atoms with Gasteiger partial charge in [-0.3, -0.25) is 4.79 Å². The Morgan fingerprint density at radius 3 is 2.17 bits per heavy atom. The molecule has 0 aromatic heterocycles. The second-order valence-electron chi connectivity index (χ2n) is 6.24. The van der Waals surface area contributed by atoms with Crippen LogP contribution in [0.3, 0.4) is 0 Å². The van der Waals surface area contributed by atoms with E-state index in [4.69, 9.17) is 9.47 Å². The first-order valence-corrected chi connectivity index (χ1v) is 8.98. The maximum atomic E-state index is 13.7. The van der Waals surface area contributed by atoms with Gasteiger partial charge in [0.2, 0.25) is 0 Å². The molecule has 0 spiro atoms. The summed E-state index contributed by atoms with van der Waals surface area (Å²) in [5, 5.41) is 2.86. The van der Waals surface area contributed by atoms with Gasteiger partial charge in [-0.25, -0.2) is 9.18 Å². The zero-order valence-electron chi connectivity index (χ0n) is 15.8. The molecule has 0 aliphatic rings. The van der Waals surface area contributed by atoms with Gasteiger partial charge in [0.15, 0.2) is 6.61 Å². The molecule has 0 heterocycles. The molecule has 3 aromatic carbocycles. The SMILES string of the molecule is COc1ccc([C@@H](NC(=O)COC(=O)c2ccccc2F)c2ccccc2)cc1. The van der Waals surface area contributed by atoms with Gasteiger partial charge in [0.1, 0.15) is 11.6 Å². The maximum absolute atomic E-state index is 13.7. The number of benzene rings is 3. The third-order valence-electron chi connectivity index (χ3n) is 4.32. The molecule has 5 nitrogen and oxygen atoms in total. The van der Waals surface area contributed by atoms with E-state index in [9.17, 15) is 14.0 Å². The van der Waals surface area contributed by atoms with Crippen LogP contribution in [0.1, 0.15) is 27.5 Å². The highest BCUT2D eigenvalue weighted by Gasteiger charge is 2.19. The number of hydrogen-bond acceptors (Lipinski definition) is 4. The average molecular weight is 393 g/mol. The number of carbonyl (C=O) groups excluding carboxylic acids is 2. The fourth-order valence-corrected chi connectivity index (χ4v) is 2.84. The summed E-state index contributed by atoms with van der Waals surface area (Å²) in [6, 6.07) is 21.7. The molecule has 0 fully saturated rings. The number of carbonyl (C=O) groups is 2. The lowest BCUT2D eigenvalue weighted by Crippen LogP contribution is -2.33. The van der Waals surface area contributed by atoms with Crippen molar-refractivity contribution in [1.29, 1.82) is 0 Å². The van der Waals surface area contributed by atoms with E-state index in [1.54, 1.807) is 19.2 Å². The molecule has 1 N–H and O–H groups in total.